The average Bonchev–Trinajstić information content (AvgIpc) is 2.39. The number of nitrogens with one attached hydrogen (secondary N) is 1. The van der Waals surface area contributed by atoms with Crippen molar-refractivity contribution >= 4 is 0 Å². The van der Waals surface area contributed by atoms with Crippen LogP contribution in [0.2, 0.25) is 0 Å². The van der Waals surface area contributed by atoms with Gasteiger partial charge in [0.05, 0.1) is 18.3 Å². The summed E-state index contributed by atoms with van der Waals surface area (Å²) in [6, 6.07) is 0.00806. The van der Waals surface area contributed by atoms with E-state index in [-0.39, 0.29) is 6.04 Å². The number of aromatic nitrogens is 2. The minimum atomic E-state index is 0.00806. The molecule has 0 bridgehead atoms. The third-order valence-corrected chi connectivity index (χ3v) is 2.45. The van der Waals surface area contributed by atoms with Crippen LogP contribution in [0.25, 0.3) is 0 Å². The molecule has 0 aliphatic carbocycles. The molecule has 0 aromatic carbocycles. The summed E-state index contributed by atoms with van der Waals surface area (Å²) in [5.41, 5.74) is 5.96. The number of nitrogens with zero attached hydrogens (tertiary/aromatic N) is 2. The van der Waals surface area contributed by atoms with Crippen LogP contribution in [0.3, 0.4) is 0 Å². The molecule has 0 aliphatic heterocycles. The molecular weight excluding hydrogens is 180 g/mol. The van der Waals surface area contributed by atoms with E-state index in [4.69, 9.17) is 10.6 Å². The van der Waals surface area contributed by atoms with Crippen molar-refractivity contribution in [3.63, 3.8) is 0 Å². The molecule has 1 aromatic heterocycles. The predicted molar refractivity (Wildman–Crippen MR) is 54.6 cm³/mol. The van der Waals surface area contributed by atoms with Gasteiger partial charge in [-0.1, -0.05) is 0 Å². The number of hydrogen-bond acceptors (Lipinski definition) is 4. The first kappa shape index (κ1) is 11.2. The minimum absolute atomic E-state index is 0.00806. The number of hydrazine groups is 1. The molecule has 0 saturated carbocycles. The number of hydrogen-bond donors (Lipinski definition) is 2. The Morgan fingerprint density at radius 3 is 2.57 bits per heavy atom. The minimum Gasteiger partial charge on any atom is -0.383 e. The molecule has 0 fully saturated rings. The first-order chi connectivity index (χ1) is 6.61. The van der Waals surface area contributed by atoms with E-state index in [2.05, 4.69) is 10.5 Å². The van der Waals surface area contributed by atoms with Crippen LogP contribution in [0.5, 0.6) is 0 Å². The maximum Gasteiger partial charge on any atom is 0.0729 e. The van der Waals surface area contributed by atoms with E-state index in [1.807, 2.05) is 25.6 Å². The number of ether oxygens (including phenoxy) is 1. The van der Waals surface area contributed by atoms with Gasteiger partial charge in [-0.3, -0.25) is 16.0 Å². The van der Waals surface area contributed by atoms with E-state index in [1.54, 1.807) is 7.11 Å². The Kier molecular flexibility index (Phi) is 3.62. The maximum atomic E-state index is 5.47. The molecule has 1 rings (SSSR count). The van der Waals surface area contributed by atoms with Crippen LogP contribution in [0.15, 0.2) is 0 Å². The molecule has 0 amide bonds. The summed E-state index contributed by atoms with van der Waals surface area (Å²) in [5, 5.41) is 4.33. The van der Waals surface area contributed by atoms with Gasteiger partial charge >= 0.3 is 0 Å². The molecule has 0 saturated heterocycles. The molecule has 1 unspecified atom stereocenters. The van der Waals surface area contributed by atoms with E-state index in [1.165, 1.54) is 0 Å². The van der Waals surface area contributed by atoms with Crippen LogP contribution in [0.4, 0.5) is 0 Å². The third-order valence-electron chi connectivity index (χ3n) is 2.45. The highest BCUT2D eigenvalue weighted by atomic mass is 16.5. The van der Waals surface area contributed by atoms with Crippen LogP contribution >= 0.6 is 0 Å². The van der Waals surface area contributed by atoms with Crippen molar-refractivity contribution in [3.05, 3.63) is 17.0 Å². The molecular formula is C9H18N4O. The fourth-order valence-electron chi connectivity index (χ4n) is 1.68. The standard InChI is InChI=1S/C9H18N4O/c1-6-9(7(2)13(3)12-6)8(11-10)5-14-4/h8,11H,5,10H2,1-4H3. The lowest BCUT2D eigenvalue weighted by Crippen LogP contribution is -2.31. The van der Waals surface area contributed by atoms with Crippen LogP contribution < -0.4 is 11.3 Å². The normalized spacial score (nSPS) is 13.2. The van der Waals surface area contributed by atoms with Gasteiger partial charge in [0.2, 0.25) is 0 Å². The highest BCUT2D eigenvalue weighted by Gasteiger charge is 2.18. The zero-order chi connectivity index (χ0) is 10.7. The van der Waals surface area contributed by atoms with Crippen LogP contribution in [-0.4, -0.2) is 23.5 Å². The van der Waals surface area contributed by atoms with E-state index in [0.717, 1.165) is 17.0 Å². The molecule has 1 atom stereocenters. The number of nitrogens with two attached hydrogens (primary N) is 1. The Hall–Kier alpha value is -0.910. The zero-order valence-corrected chi connectivity index (χ0v) is 9.16. The molecule has 0 spiro atoms. The highest BCUT2D eigenvalue weighted by molar-refractivity contribution is 5.28. The lowest BCUT2D eigenvalue weighted by atomic mass is 10.1. The van der Waals surface area contributed by atoms with Crippen molar-refractivity contribution in [1.29, 1.82) is 0 Å². The van der Waals surface area contributed by atoms with Crippen molar-refractivity contribution in [2.24, 2.45) is 12.9 Å². The summed E-state index contributed by atoms with van der Waals surface area (Å²) < 4.78 is 6.94. The monoisotopic (exact) mass is 198 g/mol. The first-order valence-electron chi connectivity index (χ1n) is 4.57. The maximum absolute atomic E-state index is 5.47. The van der Waals surface area contributed by atoms with Crippen LogP contribution in [0, 0.1) is 13.8 Å². The molecule has 0 aliphatic rings. The van der Waals surface area contributed by atoms with Crippen LogP contribution in [0.1, 0.15) is 23.0 Å². The third kappa shape index (κ3) is 1.95. The number of methoxy groups -OCH3 is 1. The average molecular weight is 198 g/mol. The van der Waals surface area contributed by atoms with Gasteiger partial charge in [0.25, 0.3) is 0 Å². The topological polar surface area (TPSA) is 65.1 Å². The Balaban J connectivity index is 3.02. The van der Waals surface area contributed by atoms with E-state index >= 15 is 0 Å². The second-order valence-corrected chi connectivity index (χ2v) is 3.38. The molecule has 0 radical (unpaired) electrons. The van der Waals surface area contributed by atoms with E-state index in [9.17, 15) is 0 Å². The van der Waals surface area contributed by atoms with Crippen molar-refractivity contribution in [2.75, 3.05) is 13.7 Å². The molecule has 5 heteroatoms. The Morgan fingerprint density at radius 1 is 1.57 bits per heavy atom. The molecule has 14 heavy (non-hydrogen) atoms. The predicted octanol–water partition coefficient (Wildman–Crippen LogP) is 0.188. The first-order valence-corrected chi connectivity index (χ1v) is 4.57. The van der Waals surface area contributed by atoms with Gasteiger partial charge in [0.15, 0.2) is 0 Å². The van der Waals surface area contributed by atoms with Gasteiger partial charge in [-0.2, -0.15) is 5.10 Å². The summed E-state index contributed by atoms with van der Waals surface area (Å²) in [5.74, 6) is 5.47. The molecule has 1 aromatic rings. The lowest BCUT2D eigenvalue weighted by Gasteiger charge is -2.15. The molecule has 3 N–H and O–H groups in total. The SMILES string of the molecule is COCC(NN)c1c(C)nn(C)c1C. The lowest BCUT2D eigenvalue weighted by molar-refractivity contribution is 0.167. The molecule has 1 heterocycles. The second kappa shape index (κ2) is 4.54. The van der Waals surface area contributed by atoms with E-state index < -0.39 is 0 Å². The Bertz CT molecular complexity index is 308. The molecule has 5 nitrogen and oxygen atoms in total. The smallest absolute Gasteiger partial charge is 0.0729 e. The number of aryl methyl sites for hydroxylation is 2. The van der Waals surface area contributed by atoms with Crippen molar-refractivity contribution < 1.29 is 4.74 Å². The summed E-state index contributed by atoms with van der Waals surface area (Å²) in [6.45, 7) is 4.54. The number of rotatable bonds is 4. The quantitative estimate of drug-likeness (QED) is 0.535. The Labute approximate surface area is 84.2 Å². The van der Waals surface area contributed by atoms with Crippen LogP contribution in [-0.2, 0) is 11.8 Å². The van der Waals surface area contributed by atoms with E-state index in [0.29, 0.717) is 6.61 Å². The highest BCUT2D eigenvalue weighted by Crippen LogP contribution is 2.20. The summed E-state index contributed by atoms with van der Waals surface area (Å²) in [7, 11) is 3.58. The second-order valence-electron chi connectivity index (χ2n) is 3.38. The van der Waals surface area contributed by atoms with Gasteiger partial charge in [0, 0.05) is 25.4 Å². The van der Waals surface area contributed by atoms with Gasteiger partial charge in [0.1, 0.15) is 0 Å². The van der Waals surface area contributed by atoms with Gasteiger partial charge in [-0.05, 0) is 13.8 Å². The van der Waals surface area contributed by atoms with Gasteiger partial charge in [-0.15, -0.1) is 0 Å². The van der Waals surface area contributed by atoms with Crippen molar-refractivity contribution in [3.8, 4) is 0 Å². The van der Waals surface area contributed by atoms with Gasteiger partial charge < -0.3 is 4.74 Å². The zero-order valence-electron chi connectivity index (χ0n) is 9.16. The fraction of sp³-hybridized carbons (Fsp3) is 0.667. The largest absolute Gasteiger partial charge is 0.383 e. The Morgan fingerprint density at radius 2 is 2.21 bits per heavy atom. The summed E-state index contributed by atoms with van der Waals surface area (Å²) in [4.78, 5) is 0. The summed E-state index contributed by atoms with van der Waals surface area (Å²) >= 11 is 0. The van der Waals surface area contributed by atoms with Crippen molar-refractivity contribution in [1.82, 2.24) is 15.2 Å². The molecule has 80 valence electrons. The van der Waals surface area contributed by atoms with Gasteiger partial charge in [-0.25, -0.2) is 0 Å². The fourth-order valence-corrected chi connectivity index (χ4v) is 1.68. The van der Waals surface area contributed by atoms with Crippen molar-refractivity contribution in [2.45, 2.75) is 19.9 Å². The summed E-state index contributed by atoms with van der Waals surface area (Å²) in [6.07, 6.45) is 0.